The molecule has 28 heavy (non-hydrogen) atoms. The van der Waals surface area contributed by atoms with Crippen LogP contribution in [0.3, 0.4) is 0 Å². The van der Waals surface area contributed by atoms with Crippen molar-refractivity contribution in [3.63, 3.8) is 0 Å². The van der Waals surface area contributed by atoms with Gasteiger partial charge in [0, 0.05) is 10.1 Å². The molecule has 0 aliphatic carbocycles. The lowest BCUT2D eigenvalue weighted by atomic mass is 10.0. The van der Waals surface area contributed by atoms with E-state index in [1.807, 2.05) is 0 Å². The van der Waals surface area contributed by atoms with Gasteiger partial charge in [0.25, 0.3) is 0 Å². The van der Waals surface area contributed by atoms with Gasteiger partial charge in [0.2, 0.25) is 6.54 Å². The summed E-state index contributed by atoms with van der Waals surface area (Å²) in [6, 6.07) is 18.6. The molecule has 144 valence electrons. The van der Waals surface area contributed by atoms with E-state index >= 15 is 0 Å². The molecule has 3 unspecified atom stereocenters. The van der Waals surface area contributed by atoms with Crippen molar-refractivity contribution in [2.24, 2.45) is 0 Å². The van der Waals surface area contributed by atoms with Gasteiger partial charge in [-0.25, -0.2) is 0 Å². The van der Waals surface area contributed by atoms with E-state index in [4.69, 9.17) is 9.68 Å². The van der Waals surface area contributed by atoms with Crippen LogP contribution >= 0.6 is 0 Å². The van der Waals surface area contributed by atoms with Crippen molar-refractivity contribution >= 4 is 0 Å². The van der Waals surface area contributed by atoms with Crippen LogP contribution in [0.5, 0.6) is 0 Å². The Morgan fingerprint density at radius 3 is 2.32 bits per heavy atom. The normalized spacial score (nSPS) is 23.0. The number of nitriles is 1. The van der Waals surface area contributed by atoms with Crippen molar-refractivity contribution in [3.8, 4) is 6.07 Å². The van der Waals surface area contributed by atoms with Crippen LogP contribution in [0.2, 0.25) is 0 Å². The average Bonchev–Trinajstić information content (AvgIpc) is 3.08. The molecule has 0 bridgehead atoms. The number of nitrogens with zero attached hydrogens (tertiary/aromatic N) is 4. The lowest BCUT2D eigenvalue weighted by molar-refractivity contribution is -0.638. The third-order valence-electron chi connectivity index (χ3n) is 4.36. The predicted octanol–water partition coefficient (Wildman–Crippen LogP) is 2.81. The van der Waals surface area contributed by atoms with Crippen molar-refractivity contribution in [1.29, 1.82) is 5.26 Å². The highest BCUT2D eigenvalue weighted by atomic mass is 17.0. The fourth-order valence-corrected chi connectivity index (χ4v) is 2.92. The molecule has 1 saturated heterocycles. The molecule has 3 atom stereocenters. The Labute approximate surface area is 159 Å². The van der Waals surface area contributed by atoms with Crippen molar-refractivity contribution in [3.05, 3.63) is 92.0 Å². The van der Waals surface area contributed by atoms with E-state index in [0.29, 0.717) is 16.4 Å². The second-order valence-corrected chi connectivity index (χ2v) is 6.17. The maximum absolute atomic E-state index is 11.7. The molecule has 10 heteroatoms. The fourth-order valence-electron chi connectivity index (χ4n) is 2.92. The van der Waals surface area contributed by atoms with Gasteiger partial charge in [0.1, 0.15) is 6.10 Å². The molecule has 0 amide bonds. The summed E-state index contributed by atoms with van der Waals surface area (Å²) in [5.41, 5.74) is -1.27. The molecule has 0 radical (unpaired) electrons. The smallest absolute Gasteiger partial charge is 0.264 e. The van der Waals surface area contributed by atoms with Gasteiger partial charge in [0.15, 0.2) is 12.2 Å². The van der Waals surface area contributed by atoms with Crippen LogP contribution in [0.25, 0.3) is 0 Å². The molecular weight excluding hydrogens is 368 g/mol. The summed E-state index contributed by atoms with van der Waals surface area (Å²) in [6.07, 6.45) is -2.27. The van der Waals surface area contributed by atoms with Crippen molar-refractivity contribution in [2.75, 3.05) is 6.54 Å². The molecule has 1 fully saturated rings. The zero-order valence-corrected chi connectivity index (χ0v) is 14.6. The number of benzene rings is 2. The highest BCUT2D eigenvalue weighted by Gasteiger charge is 2.61. The minimum absolute atomic E-state index is 0.291. The lowest BCUT2D eigenvalue weighted by Crippen LogP contribution is -2.49. The third kappa shape index (κ3) is 3.81. The Bertz CT molecular complexity index is 888. The molecule has 1 aliphatic rings. The summed E-state index contributed by atoms with van der Waals surface area (Å²) in [5.74, 6) is 0. The summed E-state index contributed by atoms with van der Waals surface area (Å²) < 4.78 is 0. The zero-order chi connectivity index (χ0) is 20.1. The molecule has 1 aliphatic heterocycles. The first-order chi connectivity index (χ1) is 13.5. The average molecular weight is 384 g/mol. The number of hydrogen-bond acceptors (Lipinski definition) is 8. The SMILES string of the molecule is N#CC1([N+](=O)[O-])CC(c2ccccc2)ON1OC(C[N+](=O)[O-])c1ccccc1. The molecule has 2 aromatic rings. The van der Waals surface area contributed by atoms with E-state index in [1.165, 1.54) is 0 Å². The first-order valence-corrected chi connectivity index (χ1v) is 8.37. The van der Waals surface area contributed by atoms with Gasteiger partial charge >= 0.3 is 5.66 Å². The molecule has 10 nitrogen and oxygen atoms in total. The van der Waals surface area contributed by atoms with Crippen molar-refractivity contribution < 1.29 is 19.5 Å². The number of nitro groups is 2. The summed E-state index contributed by atoms with van der Waals surface area (Å²) in [6.45, 7) is -0.654. The summed E-state index contributed by atoms with van der Waals surface area (Å²) >= 11 is 0. The molecule has 2 aromatic carbocycles. The Hall–Kier alpha value is -3.39. The van der Waals surface area contributed by atoms with Crippen LogP contribution in [0.15, 0.2) is 60.7 Å². The largest absolute Gasteiger partial charge is 0.409 e. The molecule has 3 rings (SSSR count). The monoisotopic (exact) mass is 384 g/mol. The standard InChI is InChI=1S/C18H16N4O6/c19-13-18(21(25)26)11-16(14-7-3-1-4-8-14)27-22(18)28-17(12-20(23)24)15-9-5-2-6-10-15/h1-10,16-17H,11-12H2. The highest BCUT2D eigenvalue weighted by Crippen LogP contribution is 2.42. The molecule has 0 spiro atoms. The lowest BCUT2D eigenvalue weighted by Gasteiger charge is -2.24. The van der Waals surface area contributed by atoms with Gasteiger partial charge in [-0.05, 0) is 11.1 Å². The third-order valence-corrected chi connectivity index (χ3v) is 4.36. The van der Waals surface area contributed by atoms with E-state index < -0.39 is 34.3 Å². The summed E-state index contributed by atoms with van der Waals surface area (Å²) in [4.78, 5) is 32.5. The quantitative estimate of drug-likeness (QED) is 0.526. The van der Waals surface area contributed by atoms with Gasteiger partial charge < -0.3 is 0 Å². The second-order valence-electron chi connectivity index (χ2n) is 6.17. The van der Waals surface area contributed by atoms with Gasteiger partial charge in [-0.3, -0.25) is 29.9 Å². The number of rotatable bonds is 7. The zero-order valence-electron chi connectivity index (χ0n) is 14.6. The summed E-state index contributed by atoms with van der Waals surface area (Å²) in [5, 5.41) is 32.9. The minimum Gasteiger partial charge on any atom is -0.264 e. The maximum Gasteiger partial charge on any atom is 0.409 e. The van der Waals surface area contributed by atoms with Gasteiger partial charge in [-0.1, -0.05) is 60.7 Å². The van der Waals surface area contributed by atoms with Crippen LogP contribution in [-0.2, 0) is 9.68 Å². The Morgan fingerprint density at radius 1 is 1.18 bits per heavy atom. The Kier molecular flexibility index (Phi) is 5.60. The molecular formula is C18H16N4O6. The van der Waals surface area contributed by atoms with Crippen molar-refractivity contribution in [2.45, 2.75) is 24.3 Å². The first kappa shape index (κ1) is 19.4. The van der Waals surface area contributed by atoms with Crippen LogP contribution in [0.4, 0.5) is 0 Å². The fraction of sp³-hybridized carbons (Fsp3) is 0.278. The van der Waals surface area contributed by atoms with Crippen LogP contribution in [0, 0.1) is 31.6 Å². The van der Waals surface area contributed by atoms with Crippen LogP contribution in [-0.4, -0.2) is 27.3 Å². The molecule has 1 heterocycles. The molecule has 0 N–H and O–H groups in total. The maximum atomic E-state index is 11.7. The molecule has 0 saturated carbocycles. The van der Waals surface area contributed by atoms with E-state index in [-0.39, 0.29) is 6.42 Å². The van der Waals surface area contributed by atoms with Gasteiger partial charge in [0.05, 0.1) is 11.3 Å². The van der Waals surface area contributed by atoms with Crippen molar-refractivity contribution in [1.82, 2.24) is 5.23 Å². The van der Waals surface area contributed by atoms with E-state index in [2.05, 4.69) is 0 Å². The van der Waals surface area contributed by atoms with E-state index in [9.17, 15) is 25.5 Å². The van der Waals surface area contributed by atoms with E-state index in [0.717, 1.165) is 0 Å². The Balaban J connectivity index is 1.93. The Morgan fingerprint density at radius 2 is 1.79 bits per heavy atom. The summed E-state index contributed by atoms with van der Waals surface area (Å²) in [7, 11) is 0. The topological polar surface area (TPSA) is 132 Å². The van der Waals surface area contributed by atoms with Gasteiger partial charge in [-0.15, -0.1) is 0 Å². The minimum atomic E-state index is -2.33. The van der Waals surface area contributed by atoms with Crippen LogP contribution in [0.1, 0.15) is 29.8 Å². The van der Waals surface area contributed by atoms with Crippen LogP contribution < -0.4 is 0 Å². The highest BCUT2D eigenvalue weighted by molar-refractivity contribution is 5.21. The molecule has 0 aromatic heterocycles. The van der Waals surface area contributed by atoms with Gasteiger partial charge in [-0.2, -0.15) is 5.26 Å². The second kappa shape index (κ2) is 8.10. The predicted molar refractivity (Wildman–Crippen MR) is 94.2 cm³/mol. The van der Waals surface area contributed by atoms with E-state index in [1.54, 1.807) is 66.7 Å². The number of hydroxylamine groups is 2. The first-order valence-electron chi connectivity index (χ1n) is 8.37. The number of hydrogen-bond donors (Lipinski definition) is 0.